The Hall–Kier alpha value is -0.680. The fourth-order valence-corrected chi connectivity index (χ4v) is 2.73. The van der Waals surface area contributed by atoms with E-state index in [1.165, 1.54) is 12.8 Å². The van der Waals surface area contributed by atoms with Gasteiger partial charge in [0.2, 0.25) is 0 Å². The van der Waals surface area contributed by atoms with Gasteiger partial charge in [-0.2, -0.15) is 0 Å². The lowest BCUT2D eigenvalue weighted by atomic mass is 9.97. The van der Waals surface area contributed by atoms with Gasteiger partial charge in [0, 0.05) is 24.8 Å². The number of hydrogen-bond donors (Lipinski definition) is 1. The van der Waals surface area contributed by atoms with Crippen molar-refractivity contribution in [3.8, 4) is 0 Å². The average molecular weight is 285 g/mol. The van der Waals surface area contributed by atoms with E-state index in [9.17, 15) is 0 Å². The minimum absolute atomic E-state index is 0.169. The summed E-state index contributed by atoms with van der Waals surface area (Å²) in [6.07, 6.45) is 6.99. The average Bonchev–Trinajstić information content (AvgIpc) is 2.29. The van der Waals surface area contributed by atoms with Crippen molar-refractivity contribution in [3.05, 3.63) is 17.0 Å². The van der Waals surface area contributed by atoms with Crippen LogP contribution in [0.5, 0.6) is 0 Å². The van der Waals surface area contributed by atoms with Crippen molar-refractivity contribution >= 4 is 21.7 Å². The van der Waals surface area contributed by atoms with Gasteiger partial charge >= 0.3 is 0 Å². The van der Waals surface area contributed by atoms with E-state index in [2.05, 4.69) is 37.7 Å². The highest BCUT2D eigenvalue weighted by atomic mass is 79.9. The first kappa shape index (κ1) is 11.8. The Balaban J connectivity index is 2.27. The lowest BCUT2D eigenvalue weighted by Gasteiger charge is -2.39. The van der Waals surface area contributed by atoms with Gasteiger partial charge in [0.05, 0.1) is 4.47 Å². The first-order chi connectivity index (χ1) is 7.70. The minimum atomic E-state index is 0.169. The molecule has 2 unspecified atom stereocenters. The van der Waals surface area contributed by atoms with Crippen molar-refractivity contribution in [2.45, 2.75) is 38.3 Å². The van der Waals surface area contributed by atoms with Gasteiger partial charge in [0.1, 0.15) is 12.1 Å². The molecule has 0 spiro atoms. The van der Waals surface area contributed by atoms with E-state index in [0.717, 1.165) is 23.3 Å². The quantitative estimate of drug-likeness (QED) is 0.902. The molecule has 0 radical (unpaired) electrons. The third kappa shape index (κ3) is 2.35. The molecule has 0 aliphatic carbocycles. The summed E-state index contributed by atoms with van der Waals surface area (Å²) in [7, 11) is 0. The van der Waals surface area contributed by atoms with Crippen LogP contribution < -0.4 is 10.6 Å². The SMILES string of the molecule is CC(N)C1CCCCN1c1ncncc1Br. The van der Waals surface area contributed by atoms with E-state index in [1.54, 1.807) is 12.5 Å². The zero-order valence-electron chi connectivity index (χ0n) is 9.43. The number of hydrogen-bond acceptors (Lipinski definition) is 4. The Labute approximate surface area is 104 Å². The minimum Gasteiger partial charge on any atom is -0.351 e. The lowest BCUT2D eigenvalue weighted by Crippen LogP contribution is -2.49. The molecule has 0 bridgehead atoms. The maximum absolute atomic E-state index is 6.04. The number of piperidine rings is 1. The summed E-state index contributed by atoms with van der Waals surface area (Å²) in [5.41, 5.74) is 6.04. The molecule has 0 amide bonds. The van der Waals surface area contributed by atoms with Crippen LogP contribution in [-0.4, -0.2) is 28.6 Å². The fourth-order valence-electron chi connectivity index (χ4n) is 2.28. The Morgan fingerprint density at radius 1 is 1.56 bits per heavy atom. The van der Waals surface area contributed by atoms with E-state index in [-0.39, 0.29) is 6.04 Å². The van der Waals surface area contributed by atoms with Gasteiger partial charge < -0.3 is 10.6 Å². The van der Waals surface area contributed by atoms with Gasteiger partial charge in [-0.05, 0) is 42.1 Å². The number of halogens is 1. The Kier molecular flexibility index (Phi) is 3.76. The van der Waals surface area contributed by atoms with Gasteiger partial charge in [-0.1, -0.05) is 0 Å². The van der Waals surface area contributed by atoms with Gasteiger partial charge in [0.15, 0.2) is 0 Å². The van der Waals surface area contributed by atoms with Crippen LogP contribution >= 0.6 is 15.9 Å². The molecular formula is C11H17BrN4. The molecule has 2 rings (SSSR count). The number of rotatable bonds is 2. The molecule has 1 aromatic rings. The molecular weight excluding hydrogens is 268 g/mol. The van der Waals surface area contributed by atoms with Gasteiger partial charge in [-0.15, -0.1) is 0 Å². The first-order valence-corrected chi connectivity index (χ1v) is 6.47. The van der Waals surface area contributed by atoms with Crippen LogP contribution in [0.2, 0.25) is 0 Å². The van der Waals surface area contributed by atoms with E-state index < -0.39 is 0 Å². The maximum Gasteiger partial charge on any atom is 0.146 e. The predicted molar refractivity (Wildman–Crippen MR) is 68.4 cm³/mol. The molecule has 88 valence electrons. The summed E-state index contributed by atoms with van der Waals surface area (Å²) in [4.78, 5) is 10.6. The molecule has 1 aliphatic rings. The van der Waals surface area contributed by atoms with Crippen LogP contribution in [0.1, 0.15) is 26.2 Å². The van der Waals surface area contributed by atoms with Crippen molar-refractivity contribution in [2.75, 3.05) is 11.4 Å². The standard InChI is InChI=1S/C11H17BrN4/c1-8(13)10-4-2-3-5-16(10)11-9(12)6-14-7-15-11/h6-8,10H,2-5,13H2,1H3. The van der Waals surface area contributed by atoms with Crippen molar-refractivity contribution in [2.24, 2.45) is 5.73 Å². The van der Waals surface area contributed by atoms with Crippen LogP contribution in [0.25, 0.3) is 0 Å². The van der Waals surface area contributed by atoms with Crippen LogP contribution in [0, 0.1) is 0 Å². The molecule has 4 nitrogen and oxygen atoms in total. The Morgan fingerprint density at radius 3 is 3.06 bits per heavy atom. The zero-order valence-corrected chi connectivity index (χ0v) is 11.0. The molecule has 1 fully saturated rings. The predicted octanol–water partition coefficient (Wildman–Crippen LogP) is 1.95. The van der Waals surface area contributed by atoms with Crippen LogP contribution in [0.4, 0.5) is 5.82 Å². The lowest BCUT2D eigenvalue weighted by molar-refractivity contribution is 0.410. The highest BCUT2D eigenvalue weighted by molar-refractivity contribution is 9.10. The zero-order chi connectivity index (χ0) is 11.5. The van der Waals surface area contributed by atoms with E-state index in [4.69, 9.17) is 5.73 Å². The molecule has 0 aromatic carbocycles. The smallest absolute Gasteiger partial charge is 0.146 e. The summed E-state index contributed by atoms with van der Waals surface area (Å²) in [6, 6.07) is 0.558. The molecule has 1 saturated heterocycles. The third-order valence-electron chi connectivity index (χ3n) is 3.08. The summed E-state index contributed by atoms with van der Waals surface area (Å²) in [5.74, 6) is 0.969. The second kappa shape index (κ2) is 5.10. The largest absolute Gasteiger partial charge is 0.351 e. The number of nitrogens with zero attached hydrogens (tertiary/aromatic N) is 3. The summed E-state index contributed by atoms with van der Waals surface area (Å²) in [6.45, 7) is 3.10. The Morgan fingerprint density at radius 2 is 2.38 bits per heavy atom. The van der Waals surface area contributed by atoms with E-state index in [0.29, 0.717) is 6.04 Å². The molecule has 5 heteroatoms. The maximum atomic E-state index is 6.04. The van der Waals surface area contributed by atoms with E-state index >= 15 is 0 Å². The van der Waals surface area contributed by atoms with Crippen molar-refractivity contribution in [1.29, 1.82) is 0 Å². The Bertz CT molecular complexity index is 356. The fraction of sp³-hybridized carbons (Fsp3) is 0.636. The molecule has 1 aliphatic heterocycles. The summed E-state index contributed by atoms with van der Waals surface area (Å²) < 4.78 is 0.947. The number of anilines is 1. The highest BCUT2D eigenvalue weighted by Gasteiger charge is 2.27. The monoisotopic (exact) mass is 284 g/mol. The van der Waals surface area contributed by atoms with Crippen molar-refractivity contribution < 1.29 is 0 Å². The van der Waals surface area contributed by atoms with Crippen molar-refractivity contribution in [1.82, 2.24) is 9.97 Å². The molecule has 2 heterocycles. The third-order valence-corrected chi connectivity index (χ3v) is 3.64. The summed E-state index contributed by atoms with van der Waals surface area (Å²) >= 11 is 3.50. The van der Waals surface area contributed by atoms with Gasteiger partial charge in [0.25, 0.3) is 0 Å². The molecule has 1 aromatic heterocycles. The number of nitrogens with two attached hydrogens (primary N) is 1. The highest BCUT2D eigenvalue weighted by Crippen LogP contribution is 2.29. The summed E-state index contributed by atoms with van der Waals surface area (Å²) in [5, 5.41) is 0. The number of aromatic nitrogens is 2. The first-order valence-electron chi connectivity index (χ1n) is 5.68. The normalized spacial score (nSPS) is 23.2. The van der Waals surface area contributed by atoms with Gasteiger partial charge in [-0.25, -0.2) is 9.97 Å². The van der Waals surface area contributed by atoms with Gasteiger partial charge in [-0.3, -0.25) is 0 Å². The molecule has 16 heavy (non-hydrogen) atoms. The molecule has 0 saturated carbocycles. The van der Waals surface area contributed by atoms with E-state index in [1.807, 2.05) is 0 Å². The van der Waals surface area contributed by atoms with Crippen LogP contribution in [-0.2, 0) is 0 Å². The molecule has 2 N–H and O–H groups in total. The second-order valence-corrected chi connectivity index (χ2v) is 5.16. The molecule has 2 atom stereocenters. The topological polar surface area (TPSA) is 55.0 Å². The van der Waals surface area contributed by atoms with Crippen LogP contribution in [0.15, 0.2) is 17.0 Å². The van der Waals surface area contributed by atoms with Crippen LogP contribution in [0.3, 0.4) is 0 Å². The van der Waals surface area contributed by atoms with Crippen molar-refractivity contribution in [3.63, 3.8) is 0 Å². The second-order valence-electron chi connectivity index (χ2n) is 4.31.